The van der Waals surface area contributed by atoms with Crippen molar-refractivity contribution in [2.24, 2.45) is 0 Å². The van der Waals surface area contributed by atoms with Gasteiger partial charge in [0.1, 0.15) is 5.56 Å². The van der Waals surface area contributed by atoms with Gasteiger partial charge in [0.05, 0.1) is 31.7 Å². The van der Waals surface area contributed by atoms with Gasteiger partial charge in [-0.25, -0.2) is 19.1 Å². The molecule has 2 N–H and O–H groups in total. The van der Waals surface area contributed by atoms with Crippen molar-refractivity contribution < 1.29 is 23.6 Å². The van der Waals surface area contributed by atoms with Crippen molar-refractivity contribution in [1.29, 1.82) is 0 Å². The number of nitrogens with zero attached hydrogens (tertiary/aromatic N) is 4. The Labute approximate surface area is 176 Å². The molecule has 4 rings (SSSR count). The van der Waals surface area contributed by atoms with Crippen molar-refractivity contribution in [1.82, 2.24) is 19.8 Å². The highest BCUT2D eigenvalue weighted by Gasteiger charge is 2.17. The second-order valence-corrected chi connectivity index (χ2v) is 6.24. The van der Waals surface area contributed by atoms with Crippen LogP contribution in [-0.2, 0) is 4.74 Å². The summed E-state index contributed by atoms with van der Waals surface area (Å²) < 4.78 is 16.4. The number of benzene rings is 1. The van der Waals surface area contributed by atoms with E-state index in [2.05, 4.69) is 25.9 Å². The Morgan fingerprint density at radius 1 is 1.19 bits per heavy atom. The molecule has 0 fully saturated rings. The summed E-state index contributed by atoms with van der Waals surface area (Å²) in [5, 5.41) is 13.1. The number of hydrogen-bond donors (Lipinski definition) is 2. The van der Waals surface area contributed by atoms with Crippen LogP contribution in [0.2, 0.25) is 0 Å². The lowest BCUT2D eigenvalue weighted by Gasteiger charge is -2.09. The SMILES string of the molecule is CCOC(=O)c1cnn2c(-c3cccc(NC(=O)Nc4cc(OC)no4)c3)ccnc12. The zero-order valence-electron chi connectivity index (χ0n) is 16.7. The number of amides is 2. The Balaban J connectivity index is 1.57. The third kappa shape index (κ3) is 4.15. The average Bonchev–Trinajstić information content (AvgIpc) is 3.40. The van der Waals surface area contributed by atoms with Gasteiger partial charge in [0.2, 0.25) is 5.88 Å². The van der Waals surface area contributed by atoms with Gasteiger partial charge < -0.3 is 19.3 Å². The van der Waals surface area contributed by atoms with Crippen LogP contribution in [-0.4, -0.2) is 45.5 Å². The monoisotopic (exact) mass is 422 g/mol. The third-order valence-corrected chi connectivity index (χ3v) is 4.25. The molecule has 0 spiro atoms. The summed E-state index contributed by atoms with van der Waals surface area (Å²) in [7, 11) is 1.44. The van der Waals surface area contributed by atoms with E-state index in [1.165, 1.54) is 19.4 Å². The minimum atomic E-state index is -0.514. The van der Waals surface area contributed by atoms with Gasteiger partial charge in [-0.2, -0.15) is 5.10 Å². The maximum atomic E-state index is 12.2. The van der Waals surface area contributed by atoms with Gasteiger partial charge in [-0.15, -0.1) is 0 Å². The fourth-order valence-corrected chi connectivity index (χ4v) is 2.91. The van der Waals surface area contributed by atoms with Crippen LogP contribution in [0, 0.1) is 0 Å². The Morgan fingerprint density at radius 3 is 2.84 bits per heavy atom. The van der Waals surface area contributed by atoms with E-state index in [4.69, 9.17) is 14.0 Å². The normalized spacial score (nSPS) is 10.6. The number of fused-ring (bicyclic) bond motifs is 1. The summed E-state index contributed by atoms with van der Waals surface area (Å²) >= 11 is 0. The first-order chi connectivity index (χ1) is 15.1. The summed E-state index contributed by atoms with van der Waals surface area (Å²) in [6, 6.07) is 9.82. The molecule has 11 nitrogen and oxygen atoms in total. The number of ether oxygens (including phenoxy) is 2. The molecule has 0 aliphatic carbocycles. The topological polar surface area (TPSA) is 133 Å². The molecule has 0 saturated carbocycles. The molecule has 0 bridgehead atoms. The predicted octanol–water partition coefficient (Wildman–Crippen LogP) is 3.21. The lowest BCUT2D eigenvalue weighted by molar-refractivity contribution is 0.0528. The number of rotatable bonds is 6. The van der Waals surface area contributed by atoms with Gasteiger partial charge in [-0.3, -0.25) is 5.32 Å². The van der Waals surface area contributed by atoms with E-state index in [9.17, 15) is 9.59 Å². The highest BCUT2D eigenvalue weighted by molar-refractivity contribution is 5.99. The van der Waals surface area contributed by atoms with E-state index in [1.807, 2.05) is 6.07 Å². The summed E-state index contributed by atoms with van der Waals surface area (Å²) in [5.74, 6) is -0.0944. The van der Waals surface area contributed by atoms with Gasteiger partial charge in [-0.1, -0.05) is 12.1 Å². The average molecular weight is 422 g/mol. The van der Waals surface area contributed by atoms with Crippen LogP contribution in [0.15, 0.2) is 53.3 Å². The first kappa shape index (κ1) is 19.9. The molecule has 0 aliphatic heterocycles. The number of carbonyl (C=O) groups is 2. The number of methoxy groups -OCH3 is 1. The molecule has 3 aromatic heterocycles. The highest BCUT2D eigenvalue weighted by atomic mass is 16.5. The molecule has 2 amide bonds. The molecule has 0 radical (unpaired) electrons. The minimum absolute atomic E-state index is 0.143. The van der Waals surface area contributed by atoms with E-state index in [0.717, 1.165) is 5.56 Å². The van der Waals surface area contributed by atoms with E-state index in [1.54, 1.807) is 41.9 Å². The zero-order valence-corrected chi connectivity index (χ0v) is 16.7. The van der Waals surface area contributed by atoms with E-state index in [-0.39, 0.29) is 23.9 Å². The second kappa shape index (κ2) is 8.53. The maximum absolute atomic E-state index is 12.2. The smallest absolute Gasteiger partial charge is 0.343 e. The van der Waals surface area contributed by atoms with Gasteiger partial charge in [-0.05, 0) is 30.3 Å². The number of hydrogen-bond acceptors (Lipinski definition) is 8. The van der Waals surface area contributed by atoms with Crippen molar-refractivity contribution in [3.05, 3.63) is 54.4 Å². The standard InChI is InChI=1S/C20H18N6O5/c1-3-30-19(27)14-11-22-26-15(7-8-21-18(14)26)12-5-4-6-13(9-12)23-20(28)24-16-10-17(29-2)25-31-16/h4-11H,3H2,1-2H3,(H2,23,24,28). The number of carbonyl (C=O) groups excluding carboxylic acids is 2. The summed E-state index contributed by atoms with van der Waals surface area (Å²) in [5.41, 5.74) is 2.63. The molecular formula is C20H18N6O5. The summed E-state index contributed by atoms with van der Waals surface area (Å²) in [6.07, 6.45) is 3.00. The molecule has 4 aromatic rings. The van der Waals surface area contributed by atoms with Crippen LogP contribution in [0.5, 0.6) is 5.88 Å². The van der Waals surface area contributed by atoms with Crippen LogP contribution >= 0.6 is 0 Å². The second-order valence-electron chi connectivity index (χ2n) is 6.24. The Morgan fingerprint density at radius 2 is 2.06 bits per heavy atom. The van der Waals surface area contributed by atoms with Crippen molar-refractivity contribution in [3.8, 4) is 17.1 Å². The fourth-order valence-electron chi connectivity index (χ4n) is 2.91. The summed E-state index contributed by atoms with van der Waals surface area (Å²) in [6.45, 7) is 1.99. The van der Waals surface area contributed by atoms with Crippen LogP contribution in [0.4, 0.5) is 16.4 Å². The van der Waals surface area contributed by atoms with Crippen LogP contribution in [0.25, 0.3) is 16.9 Å². The fraction of sp³-hybridized carbons (Fsp3) is 0.150. The van der Waals surface area contributed by atoms with E-state index < -0.39 is 12.0 Å². The van der Waals surface area contributed by atoms with Gasteiger partial charge in [0, 0.05) is 17.4 Å². The predicted molar refractivity (Wildman–Crippen MR) is 110 cm³/mol. The first-order valence-electron chi connectivity index (χ1n) is 9.28. The highest BCUT2D eigenvalue weighted by Crippen LogP contribution is 2.24. The molecule has 0 unspecified atom stereocenters. The molecule has 31 heavy (non-hydrogen) atoms. The van der Waals surface area contributed by atoms with E-state index >= 15 is 0 Å². The Hall–Kier alpha value is -4.41. The lowest BCUT2D eigenvalue weighted by Crippen LogP contribution is -2.19. The molecule has 3 heterocycles. The van der Waals surface area contributed by atoms with Crippen LogP contribution < -0.4 is 15.4 Å². The lowest BCUT2D eigenvalue weighted by atomic mass is 10.1. The molecule has 158 valence electrons. The maximum Gasteiger partial charge on any atom is 0.343 e. The van der Waals surface area contributed by atoms with Crippen molar-refractivity contribution in [2.75, 3.05) is 24.4 Å². The largest absolute Gasteiger partial charge is 0.479 e. The molecule has 0 atom stereocenters. The van der Waals surface area contributed by atoms with Gasteiger partial charge >= 0.3 is 12.0 Å². The molecular weight excluding hydrogens is 404 g/mol. The minimum Gasteiger partial charge on any atom is -0.479 e. The van der Waals surface area contributed by atoms with Crippen LogP contribution in [0.3, 0.4) is 0 Å². The van der Waals surface area contributed by atoms with Crippen LogP contribution in [0.1, 0.15) is 17.3 Å². The number of esters is 1. The number of nitrogens with one attached hydrogen (secondary N) is 2. The quantitative estimate of drug-likeness (QED) is 0.453. The van der Waals surface area contributed by atoms with E-state index in [0.29, 0.717) is 17.0 Å². The van der Waals surface area contributed by atoms with Crippen molar-refractivity contribution >= 4 is 29.2 Å². The number of aromatic nitrogens is 4. The number of anilines is 2. The van der Waals surface area contributed by atoms with Crippen molar-refractivity contribution in [3.63, 3.8) is 0 Å². The third-order valence-electron chi connectivity index (χ3n) is 4.25. The number of urea groups is 1. The van der Waals surface area contributed by atoms with Gasteiger partial charge in [0.15, 0.2) is 5.65 Å². The summed E-state index contributed by atoms with van der Waals surface area (Å²) in [4.78, 5) is 28.6. The van der Waals surface area contributed by atoms with Crippen molar-refractivity contribution in [2.45, 2.75) is 6.92 Å². The molecule has 0 saturated heterocycles. The first-order valence-corrected chi connectivity index (χ1v) is 9.28. The zero-order chi connectivity index (χ0) is 21.8. The molecule has 1 aromatic carbocycles. The van der Waals surface area contributed by atoms with Gasteiger partial charge in [0.25, 0.3) is 5.88 Å². The molecule has 0 aliphatic rings. The molecule has 11 heteroatoms. The Bertz CT molecular complexity index is 1250. The Kier molecular flexibility index (Phi) is 5.47.